The molecule has 0 fully saturated rings. The maximum Gasteiger partial charge on any atom is 0.224 e. The Morgan fingerprint density at radius 1 is 0.857 bits per heavy atom. The van der Waals surface area contributed by atoms with E-state index in [2.05, 4.69) is 73.0 Å². The molecule has 1 N–H and O–H groups in total. The normalized spacial score (nSPS) is 14.7. The van der Waals surface area contributed by atoms with Crippen LogP contribution in [0.2, 0.25) is 0 Å². The minimum absolute atomic E-state index is 0.119. The van der Waals surface area contributed by atoms with Crippen LogP contribution in [0.1, 0.15) is 84.0 Å². The summed E-state index contributed by atoms with van der Waals surface area (Å²) in [7, 11) is 0. The Labute approximate surface area is 172 Å². The molecule has 0 bridgehead atoms. The highest BCUT2D eigenvalue weighted by atomic mass is 16.1. The van der Waals surface area contributed by atoms with Crippen LogP contribution in [0.5, 0.6) is 0 Å². The van der Waals surface area contributed by atoms with E-state index >= 15 is 0 Å². The summed E-state index contributed by atoms with van der Waals surface area (Å²) in [5.74, 6) is 0.119. The molecule has 0 heterocycles. The van der Waals surface area contributed by atoms with Crippen molar-refractivity contribution < 1.29 is 4.79 Å². The summed E-state index contributed by atoms with van der Waals surface area (Å²) in [6, 6.07) is 0. The van der Waals surface area contributed by atoms with Gasteiger partial charge in [-0.2, -0.15) is 0 Å². The molecular weight excluding hydrogens is 342 g/mol. The second kappa shape index (κ2) is 18.3. The van der Waals surface area contributed by atoms with Crippen LogP contribution in [0.4, 0.5) is 0 Å². The molecule has 0 saturated carbocycles. The minimum Gasteiger partial charge on any atom is -0.326 e. The Kier molecular flexibility index (Phi) is 15.6. The molecule has 0 spiro atoms. The highest BCUT2D eigenvalue weighted by molar-refractivity contribution is 5.78. The standard InChI is InChI=1S/C26H39NO/c1-2-3-4-5-6-7-8-9-10-11-12-13-14-15-16-17-21-24-26(28)27-25-22-19-18-20-23-25/h6-7,9-10,12-13,15-16,19,22-23H,2-5,8,11,14,17-18,20-21,24H2,1H3,(H,27,28)/b7-6-,10-9-,13-12-,16-15-. The van der Waals surface area contributed by atoms with Crippen LogP contribution in [0.25, 0.3) is 0 Å². The van der Waals surface area contributed by atoms with E-state index in [1.54, 1.807) is 0 Å². The summed E-state index contributed by atoms with van der Waals surface area (Å²) in [6.07, 6.45) is 36.7. The summed E-state index contributed by atoms with van der Waals surface area (Å²) in [6.45, 7) is 2.24. The van der Waals surface area contributed by atoms with E-state index in [0.29, 0.717) is 6.42 Å². The third kappa shape index (κ3) is 15.0. The van der Waals surface area contributed by atoms with Gasteiger partial charge in [0.25, 0.3) is 0 Å². The first kappa shape index (κ1) is 23.9. The third-order valence-corrected chi connectivity index (χ3v) is 4.51. The van der Waals surface area contributed by atoms with Crippen molar-refractivity contribution in [1.82, 2.24) is 5.32 Å². The van der Waals surface area contributed by atoms with E-state index in [9.17, 15) is 4.79 Å². The Balaban J connectivity index is 1.94. The van der Waals surface area contributed by atoms with Gasteiger partial charge < -0.3 is 5.32 Å². The molecule has 154 valence electrons. The lowest BCUT2D eigenvalue weighted by atomic mass is 10.1. The molecular formula is C26H39NO. The van der Waals surface area contributed by atoms with Crippen molar-refractivity contribution in [2.24, 2.45) is 0 Å². The lowest BCUT2D eigenvalue weighted by Crippen LogP contribution is -2.21. The zero-order chi connectivity index (χ0) is 20.1. The first-order valence-corrected chi connectivity index (χ1v) is 11.1. The number of unbranched alkanes of at least 4 members (excludes halogenated alkanes) is 4. The molecule has 0 aromatic rings. The monoisotopic (exact) mass is 381 g/mol. The van der Waals surface area contributed by atoms with Gasteiger partial charge in [0.05, 0.1) is 0 Å². The number of carbonyl (C=O) groups excluding carboxylic acids is 1. The molecule has 1 rings (SSSR count). The molecule has 0 saturated heterocycles. The van der Waals surface area contributed by atoms with Gasteiger partial charge in [-0.25, -0.2) is 0 Å². The molecule has 0 aliphatic heterocycles. The molecule has 1 amide bonds. The predicted molar refractivity (Wildman–Crippen MR) is 123 cm³/mol. The molecule has 2 heteroatoms. The Morgan fingerprint density at radius 2 is 1.46 bits per heavy atom. The Hall–Kier alpha value is -2.09. The van der Waals surface area contributed by atoms with Gasteiger partial charge in [-0.1, -0.05) is 80.5 Å². The highest BCUT2D eigenvalue weighted by Gasteiger charge is 2.03. The van der Waals surface area contributed by atoms with Gasteiger partial charge in [-0.15, -0.1) is 0 Å². The molecule has 0 aromatic heterocycles. The van der Waals surface area contributed by atoms with Crippen molar-refractivity contribution >= 4 is 5.91 Å². The van der Waals surface area contributed by atoms with Crippen molar-refractivity contribution in [3.05, 3.63) is 72.5 Å². The van der Waals surface area contributed by atoms with Crippen molar-refractivity contribution in [2.75, 3.05) is 0 Å². The van der Waals surface area contributed by atoms with Crippen LogP contribution in [0.15, 0.2) is 72.5 Å². The molecule has 0 unspecified atom stereocenters. The van der Waals surface area contributed by atoms with Gasteiger partial charge in [0.1, 0.15) is 0 Å². The number of rotatable bonds is 15. The van der Waals surface area contributed by atoms with Gasteiger partial charge >= 0.3 is 0 Å². The van der Waals surface area contributed by atoms with Gasteiger partial charge in [-0.05, 0) is 63.9 Å². The SMILES string of the molecule is CCCCC/C=C\C/C=C\C/C=C\C/C=C\CCCC(=O)NC1=CCCC=C1. The molecule has 0 aromatic carbocycles. The highest BCUT2D eigenvalue weighted by Crippen LogP contribution is 2.07. The number of amides is 1. The first-order valence-electron chi connectivity index (χ1n) is 11.1. The van der Waals surface area contributed by atoms with Crippen molar-refractivity contribution in [3.8, 4) is 0 Å². The van der Waals surface area contributed by atoms with Crippen LogP contribution in [0, 0.1) is 0 Å². The third-order valence-electron chi connectivity index (χ3n) is 4.51. The zero-order valence-electron chi connectivity index (χ0n) is 17.7. The van der Waals surface area contributed by atoms with E-state index in [1.165, 1.54) is 25.7 Å². The smallest absolute Gasteiger partial charge is 0.224 e. The van der Waals surface area contributed by atoms with E-state index in [1.807, 2.05) is 6.08 Å². The number of hydrogen-bond donors (Lipinski definition) is 1. The lowest BCUT2D eigenvalue weighted by molar-refractivity contribution is -0.120. The summed E-state index contributed by atoms with van der Waals surface area (Å²) in [5, 5.41) is 2.96. The second-order valence-electron chi connectivity index (χ2n) is 7.17. The zero-order valence-corrected chi connectivity index (χ0v) is 17.7. The van der Waals surface area contributed by atoms with E-state index in [4.69, 9.17) is 0 Å². The minimum atomic E-state index is 0.119. The number of allylic oxidation sites excluding steroid dienone is 11. The first-order chi connectivity index (χ1) is 13.8. The molecule has 0 atom stereocenters. The average molecular weight is 382 g/mol. The maximum absolute atomic E-state index is 11.8. The molecule has 2 nitrogen and oxygen atoms in total. The lowest BCUT2D eigenvalue weighted by Gasteiger charge is -2.08. The van der Waals surface area contributed by atoms with Crippen LogP contribution in [-0.4, -0.2) is 5.91 Å². The predicted octanol–water partition coefficient (Wildman–Crippen LogP) is 7.48. The van der Waals surface area contributed by atoms with Crippen LogP contribution in [-0.2, 0) is 4.79 Å². The fourth-order valence-corrected chi connectivity index (χ4v) is 2.87. The number of hydrogen-bond acceptors (Lipinski definition) is 1. The van der Waals surface area contributed by atoms with E-state index in [0.717, 1.165) is 50.6 Å². The Morgan fingerprint density at radius 3 is 2.04 bits per heavy atom. The van der Waals surface area contributed by atoms with Crippen LogP contribution < -0.4 is 5.32 Å². The molecule has 28 heavy (non-hydrogen) atoms. The Bertz CT molecular complexity index is 575. The summed E-state index contributed by atoms with van der Waals surface area (Å²) in [4.78, 5) is 11.8. The van der Waals surface area contributed by atoms with E-state index < -0.39 is 0 Å². The van der Waals surface area contributed by atoms with Crippen molar-refractivity contribution in [3.63, 3.8) is 0 Å². The maximum atomic E-state index is 11.8. The summed E-state index contributed by atoms with van der Waals surface area (Å²) >= 11 is 0. The molecule has 1 aliphatic rings. The molecule has 1 aliphatic carbocycles. The summed E-state index contributed by atoms with van der Waals surface area (Å²) in [5.41, 5.74) is 0.953. The average Bonchev–Trinajstić information content (AvgIpc) is 2.71. The molecule has 0 radical (unpaired) electrons. The largest absolute Gasteiger partial charge is 0.326 e. The van der Waals surface area contributed by atoms with E-state index in [-0.39, 0.29) is 5.91 Å². The van der Waals surface area contributed by atoms with Crippen molar-refractivity contribution in [1.29, 1.82) is 0 Å². The summed E-state index contributed by atoms with van der Waals surface area (Å²) < 4.78 is 0. The van der Waals surface area contributed by atoms with Gasteiger partial charge in [0, 0.05) is 12.1 Å². The number of carbonyl (C=O) groups is 1. The van der Waals surface area contributed by atoms with Crippen LogP contribution >= 0.6 is 0 Å². The van der Waals surface area contributed by atoms with Gasteiger partial charge in [0.2, 0.25) is 5.91 Å². The van der Waals surface area contributed by atoms with Gasteiger partial charge in [0.15, 0.2) is 0 Å². The second-order valence-corrected chi connectivity index (χ2v) is 7.17. The topological polar surface area (TPSA) is 29.1 Å². The van der Waals surface area contributed by atoms with Crippen molar-refractivity contribution in [2.45, 2.75) is 84.0 Å². The quantitative estimate of drug-likeness (QED) is 0.231. The van der Waals surface area contributed by atoms with Gasteiger partial charge in [-0.3, -0.25) is 4.79 Å². The fourth-order valence-electron chi connectivity index (χ4n) is 2.87. The number of nitrogens with one attached hydrogen (secondary N) is 1. The van der Waals surface area contributed by atoms with Crippen LogP contribution in [0.3, 0.4) is 0 Å². The fraction of sp³-hybridized carbons (Fsp3) is 0.500.